The summed E-state index contributed by atoms with van der Waals surface area (Å²) >= 11 is 0. The largest absolute Gasteiger partial charge is 0.352 e. The van der Waals surface area contributed by atoms with E-state index in [0.29, 0.717) is 5.69 Å². The van der Waals surface area contributed by atoms with Crippen LogP contribution in [0.4, 0.5) is 0 Å². The zero-order valence-electron chi connectivity index (χ0n) is 15.4. The number of aryl methyl sites for hydroxylation is 2. The fourth-order valence-corrected chi connectivity index (χ4v) is 3.35. The zero-order valence-corrected chi connectivity index (χ0v) is 15.4. The average molecular weight is 354 g/mol. The van der Waals surface area contributed by atoms with Crippen LogP contribution in [0.15, 0.2) is 30.3 Å². The number of hydrogen-bond donors (Lipinski definition) is 2. The van der Waals surface area contributed by atoms with Crippen LogP contribution in [0.2, 0.25) is 0 Å². The molecule has 1 aromatic heterocycles. The molecule has 0 unspecified atom stereocenters. The molecule has 6 heteroatoms. The highest BCUT2D eigenvalue weighted by atomic mass is 16.2. The predicted octanol–water partition coefficient (Wildman–Crippen LogP) is 2.57. The molecule has 0 radical (unpaired) electrons. The Morgan fingerprint density at radius 3 is 2.54 bits per heavy atom. The minimum Gasteiger partial charge on any atom is -0.352 e. The van der Waals surface area contributed by atoms with Crippen molar-refractivity contribution in [2.24, 2.45) is 7.05 Å². The van der Waals surface area contributed by atoms with Crippen molar-refractivity contribution in [3.8, 4) is 11.3 Å². The van der Waals surface area contributed by atoms with Gasteiger partial charge in [-0.1, -0.05) is 49.1 Å². The van der Waals surface area contributed by atoms with Crippen LogP contribution in [-0.2, 0) is 11.8 Å². The molecule has 0 saturated heterocycles. The summed E-state index contributed by atoms with van der Waals surface area (Å²) in [6.45, 7) is 2.01. The molecule has 0 bridgehead atoms. The van der Waals surface area contributed by atoms with Crippen LogP contribution >= 0.6 is 0 Å². The Balaban J connectivity index is 1.57. The fourth-order valence-electron chi connectivity index (χ4n) is 3.35. The molecule has 138 valence electrons. The van der Waals surface area contributed by atoms with E-state index < -0.39 is 0 Å². The molecule has 3 rings (SSSR count). The Morgan fingerprint density at radius 1 is 1.15 bits per heavy atom. The van der Waals surface area contributed by atoms with E-state index in [4.69, 9.17) is 0 Å². The topological polar surface area (TPSA) is 76.0 Å². The molecule has 1 aliphatic rings. The Kier molecular flexibility index (Phi) is 5.71. The molecular formula is C20H26N4O2. The van der Waals surface area contributed by atoms with Crippen LogP contribution in [-0.4, -0.2) is 34.2 Å². The van der Waals surface area contributed by atoms with Gasteiger partial charge >= 0.3 is 0 Å². The first-order valence-corrected chi connectivity index (χ1v) is 9.21. The first kappa shape index (κ1) is 18.2. The second kappa shape index (κ2) is 8.17. The van der Waals surface area contributed by atoms with Crippen LogP contribution in [0.3, 0.4) is 0 Å². The summed E-state index contributed by atoms with van der Waals surface area (Å²) in [7, 11) is 1.81. The number of aromatic nitrogens is 2. The molecule has 1 aliphatic carbocycles. The minimum atomic E-state index is -0.335. The Labute approximate surface area is 154 Å². The van der Waals surface area contributed by atoms with Crippen LogP contribution in [0, 0.1) is 6.92 Å². The third kappa shape index (κ3) is 4.50. The van der Waals surface area contributed by atoms with Crippen LogP contribution < -0.4 is 10.6 Å². The van der Waals surface area contributed by atoms with Crippen molar-refractivity contribution >= 4 is 11.8 Å². The summed E-state index contributed by atoms with van der Waals surface area (Å²) in [5.74, 6) is -0.474. The highest BCUT2D eigenvalue weighted by molar-refractivity contribution is 5.95. The lowest BCUT2D eigenvalue weighted by Crippen LogP contribution is -2.42. The van der Waals surface area contributed by atoms with Crippen molar-refractivity contribution in [1.29, 1.82) is 0 Å². The summed E-state index contributed by atoms with van der Waals surface area (Å²) in [6.07, 6.45) is 5.62. The van der Waals surface area contributed by atoms with Crippen molar-refractivity contribution in [2.75, 3.05) is 6.54 Å². The molecule has 0 aliphatic heterocycles. The lowest BCUT2D eigenvalue weighted by atomic mass is 9.95. The molecule has 6 nitrogen and oxygen atoms in total. The van der Waals surface area contributed by atoms with E-state index in [1.54, 1.807) is 10.7 Å². The van der Waals surface area contributed by atoms with Crippen LogP contribution in [0.5, 0.6) is 0 Å². The molecule has 26 heavy (non-hydrogen) atoms. The smallest absolute Gasteiger partial charge is 0.272 e. The number of rotatable bonds is 5. The first-order valence-electron chi connectivity index (χ1n) is 9.21. The Hall–Kier alpha value is -2.63. The lowest BCUT2D eigenvalue weighted by Gasteiger charge is -2.22. The van der Waals surface area contributed by atoms with Crippen molar-refractivity contribution in [1.82, 2.24) is 20.4 Å². The van der Waals surface area contributed by atoms with E-state index in [1.165, 1.54) is 12.0 Å². The van der Waals surface area contributed by atoms with Gasteiger partial charge in [0.2, 0.25) is 5.91 Å². The highest BCUT2D eigenvalue weighted by Crippen LogP contribution is 2.20. The summed E-state index contributed by atoms with van der Waals surface area (Å²) in [5.41, 5.74) is 3.35. The van der Waals surface area contributed by atoms with E-state index in [0.717, 1.165) is 36.9 Å². The van der Waals surface area contributed by atoms with E-state index in [1.807, 2.05) is 38.2 Å². The van der Waals surface area contributed by atoms with Crippen molar-refractivity contribution in [3.05, 3.63) is 41.6 Å². The molecule has 1 aromatic carbocycles. The maximum Gasteiger partial charge on any atom is 0.272 e. The number of benzene rings is 1. The molecule has 2 aromatic rings. The average Bonchev–Trinajstić information content (AvgIpc) is 3.03. The van der Waals surface area contributed by atoms with Gasteiger partial charge in [0.05, 0.1) is 12.2 Å². The normalized spacial score (nSPS) is 14.8. The van der Waals surface area contributed by atoms with Gasteiger partial charge in [0.1, 0.15) is 0 Å². The number of nitrogens with one attached hydrogen (secondary N) is 2. The van der Waals surface area contributed by atoms with Gasteiger partial charge in [0.25, 0.3) is 5.91 Å². The standard InChI is InChI=1S/C20H26N4O2/c1-14-8-10-15(11-9-14)18-12-17(23-24(18)2)20(26)21-13-19(25)22-16-6-4-3-5-7-16/h8-12,16H,3-7,13H2,1-2H3,(H,21,26)(H,22,25). The number of carbonyl (C=O) groups is 2. The molecule has 1 fully saturated rings. The molecular weight excluding hydrogens is 328 g/mol. The highest BCUT2D eigenvalue weighted by Gasteiger charge is 2.18. The number of hydrogen-bond acceptors (Lipinski definition) is 3. The predicted molar refractivity (Wildman–Crippen MR) is 101 cm³/mol. The summed E-state index contributed by atoms with van der Waals surface area (Å²) in [6, 6.07) is 10.1. The van der Waals surface area contributed by atoms with E-state index in [9.17, 15) is 9.59 Å². The zero-order chi connectivity index (χ0) is 18.5. The maximum absolute atomic E-state index is 12.3. The third-order valence-electron chi connectivity index (χ3n) is 4.84. The Bertz CT molecular complexity index is 774. The fraction of sp³-hybridized carbons (Fsp3) is 0.450. The quantitative estimate of drug-likeness (QED) is 0.866. The van der Waals surface area contributed by atoms with Gasteiger partial charge < -0.3 is 10.6 Å². The van der Waals surface area contributed by atoms with Crippen molar-refractivity contribution < 1.29 is 9.59 Å². The first-order chi connectivity index (χ1) is 12.5. The second-order valence-electron chi connectivity index (χ2n) is 6.99. The molecule has 1 saturated carbocycles. The number of carbonyl (C=O) groups excluding carboxylic acids is 2. The number of amides is 2. The van der Waals surface area contributed by atoms with Gasteiger partial charge in [-0.3, -0.25) is 14.3 Å². The van der Waals surface area contributed by atoms with Gasteiger partial charge in [-0.05, 0) is 31.4 Å². The second-order valence-corrected chi connectivity index (χ2v) is 6.99. The summed E-state index contributed by atoms with van der Waals surface area (Å²) in [5, 5.41) is 9.93. The molecule has 2 N–H and O–H groups in total. The maximum atomic E-state index is 12.3. The van der Waals surface area contributed by atoms with Crippen LogP contribution in [0.1, 0.15) is 48.2 Å². The van der Waals surface area contributed by atoms with Crippen LogP contribution in [0.25, 0.3) is 11.3 Å². The third-order valence-corrected chi connectivity index (χ3v) is 4.84. The number of nitrogens with zero attached hydrogens (tertiary/aromatic N) is 2. The molecule has 2 amide bonds. The van der Waals surface area contributed by atoms with Crippen molar-refractivity contribution in [3.63, 3.8) is 0 Å². The molecule has 0 atom stereocenters. The molecule has 1 heterocycles. The minimum absolute atomic E-state index is 0.0221. The van der Waals surface area contributed by atoms with E-state index >= 15 is 0 Å². The van der Waals surface area contributed by atoms with E-state index in [2.05, 4.69) is 15.7 Å². The van der Waals surface area contributed by atoms with Gasteiger partial charge in [0.15, 0.2) is 5.69 Å². The van der Waals surface area contributed by atoms with Crippen molar-refractivity contribution in [2.45, 2.75) is 45.1 Å². The van der Waals surface area contributed by atoms with Gasteiger partial charge in [-0.25, -0.2) is 0 Å². The van der Waals surface area contributed by atoms with Gasteiger partial charge in [0, 0.05) is 13.1 Å². The van der Waals surface area contributed by atoms with Gasteiger partial charge in [-0.2, -0.15) is 5.10 Å². The van der Waals surface area contributed by atoms with E-state index in [-0.39, 0.29) is 24.4 Å². The SMILES string of the molecule is Cc1ccc(-c2cc(C(=O)NCC(=O)NC3CCCCC3)nn2C)cc1. The summed E-state index contributed by atoms with van der Waals surface area (Å²) in [4.78, 5) is 24.3. The monoisotopic (exact) mass is 354 g/mol. The summed E-state index contributed by atoms with van der Waals surface area (Å²) < 4.78 is 1.68. The lowest BCUT2D eigenvalue weighted by molar-refractivity contribution is -0.121. The van der Waals surface area contributed by atoms with Gasteiger partial charge in [-0.15, -0.1) is 0 Å². The Morgan fingerprint density at radius 2 is 1.85 bits per heavy atom. The molecule has 0 spiro atoms.